The lowest BCUT2D eigenvalue weighted by Crippen LogP contribution is -2.33. The summed E-state index contributed by atoms with van der Waals surface area (Å²) in [6.45, 7) is 16.1. The van der Waals surface area contributed by atoms with E-state index in [1.54, 1.807) is 12.1 Å². The van der Waals surface area contributed by atoms with Crippen LogP contribution in [-0.2, 0) is 20.7 Å². The van der Waals surface area contributed by atoms with Crippen molar-refractivity contribution in [2.45, 2.75) is 92.0 Å². The zero-order valence-electron chi connectivity index (χ0n) is 27.3. The van der Waals surface area contributed by atoms with Gasteiger partial charge in [-0.05, 0) is 109 Å². The first-order valence-corrected chi connectivity index (χ1v) is 16.0. The molecule has 3 atom stereocenters. The summed E-state index contributed by atoms with van der Waals surface area (Å²) in [5.41, 5.74) is 6.01. The number of halogens is 1. The maximum atomic E-state index is 13.7. The molecule has 0 amide bonds. The Morgan fingerprint density at radius 3 is 2.20 bits per heavy atom. The van der Waals surface area contributed by atoms with Gasteiger partial charge in [-0.15, -0.1) is 0 Å². The van der Waals surface area contributed by atoms with Gasteiger partial charge in [0.2, 0.25) is 0 Å². The van der Waals surface area contributed by atoms with Gasteiger partial charge in [-0.1, -0.05) is 30.7 Å². The van der Waals surface area contributed by atoms with E-state index in [4.69, 9.17) is 19.2 Å². The number of aryl methyl sites for hydroxylation is 2. The molecule has 1 aliphatic carbocycles. The molecule has 44 heavy (non-hydrogen) atoms. The fourth-order valence-electron chi connectivity index (χ4n) is 6.78. The first kappa shape index (κ1) is 32.0. The zero-order valence-corrected chi connectivity index (χ0v) is 27.3. The molecule has 5 rings (SSSR count). The van der Waals surface area contributed by atoms with Crippen LogP contribution in [0.25, 0.3) is 11.1 Å². The second-order valence-corrected chi connectivity index (χ2v) is 13.6. The van der Waals surface area contributed by atoms with E-state index >= 15 is 0 Å². The molecular formula is C37H47FN2O4. The van der Waals surface area contributed by atoms with E-state index in [1.807, 2.05) is 60.6 Å². The first-order valence-electron chi connectivity index (χ1n) is 16.0. The molecule has 1 saturated heterocycles. The average molecular weight is 603 g/mol. The SMILES string of the molecule is Cc1nc(C)c(C(OC(C)(C)C)C(=O)OC(C)C)c(N2CC3CCCC3C2)c1-c1ccc(OCCc2ccc(F)cc2)cc1. The Morgan fingerprint density at radius 1 is 0.977 bits per heavy atom. The highest BCUT2D eigenvalue weighted by Gasteiger charge is 2.41. The van der Waals surface area contributed by atoms with Crippen LogP contribution in [0.2, 0.25) is 0 Å². The second-order valence-electron chi connectivity index (χ2n) is 13.6. The molecule has 7 heteroatoms. The van der Waals surface area contributed by atoms with Crippen molar-refractivity contribution in [2.24, 2.45) is 11.8 Å². The largest absolute Gasteiger partial charge is 0.493 e. The van der Waals surface area contributed by atoms with E-state index in [-0.39, 0.29) is 17.9 Å². The number of esters is 1. The Kier molecular flexibility index (Phi) is 9.64. The third-order valence-electron chi connectivity index (χ3n) is 8.64. The number of carbonyl (C=O) groups excluding carboxylic acids is 1. The van der Waals surface area contributed by atoms with Crippen LogP contribution in [0, 0.1) is 31.5 Å². The van der Waals surface area contributed by atoms with Gasteiger partial charge in [0.25, 0.3) is 0 Å². The average Bonchev–Trinajstić information content (AvgIpc) is 3.55. The number of nitrogens with zero attached hydrogens (tertiary/aromatic N) is 2. The lowest BCUT2D eigenvalue weighted by atomic mass is 9.93. The number of fused-ring (bicyclic) bond motifs is 1. The molecule has 0 bridgehead atoms. The Bertz CT molecular complexity index is 1430. The Hall–Kier alpha value is -3.45. The molecule has 1 saturated carbocycles. The topological polar surface area (TPSA) is 60.9 Å². The van der Waals surface area contributed by atoms with E-state index < -0.39 is 11.7 Å². The van der Waals surface area contributed by atoms with Crippen LogP contribution < -0.4 is 9.64 Å². The molecule has 2 aliphatic rings. The number of ether oxygens (including phenoxy) is 3. The number of hydrogen-bond acceptors (Lipinski definition) is 6. The summed E-state index contributed by atoms with van der Waals surface area (Å²) in [6.07, 6.45) is 3.30. The predicted octanol–water partition coefficient (Wildman–Crippen LogP) is 8.17. The summed E-state index contributed by atoms with van der Waals surface area (Å²) in [5, 5.41) is 0. The predicted molar refractivity (Wildman–Crippen MR) is 173 cm³/mol. The third-order valence-corrected chi connectivity index (χ3v) is 8.64. The Labute approximate surface area is 261 Å². The van der Waals surface area contributed by atoms with Crippen LogP contribution in [0.3, 0.4) is 0 Å². The Morgan fingerprint density at radius 2 is 1.61 bits per heavy atom. The molecule has 236 valence electrons. The summed E-state index contributed by atoms with van der Waals surface area (Å²) in [7, 11) is 0. The number of aromatic nitrogens is 1. The molecular weight excluding hydrogens is 555 g/mol. The van der Waals surface area contributed by atoms with Gasteiger partial charge in [-0.2, -0.15) is 0 Å². The van der Waals surface area contributed by atoms with E-state index in [0.717, 1.165) is 58.2 Å². The molecule has 0 N–H and O–H groups in total. The molecule has 1 aliphatic heterocycles. The summed E-state index contributed by atoms with van der Waals surface area (Å²) >= 11 is 0. The van der Waals surface area contributed by atoms with Gasteiger partial charge in [-0.25, -0.2) is 9.18 Å². The summed E-state index contributed by atoms with van der Waals surface area (Å²) in [6, 6.07) is 14.6. The quantitative estimate of drug-likeness (QED) is 0.218. The van der Waals surface area contributed by atoms with Crippen LogP contribution in [0.15, 0.2) is 48.5 Å². The summed E-state index contributed by atoms with van der Waals surface area (Å²) in [5.74, 6) is 1.46. The van der Waals surface area contributed by atoms with Crippen LogP contribution in [0.4, 0.5) is 10.1 Å². The highest BCUT2D eigenvalue weighted by molar-refractivity contribution is 5.88. The number of carbonyl (C=O) groups is 1. The van der Waals surface area contributed by atoms with Gasteiger partial charge >= 0.3 is 5.97 Å². The van der Waals surface area contributed by atoms with E-state index in [1.165, 1.54) is 31.4 Å². The van der Waals surface area contributed by atoms with Gasteiger partial charge in [-0.3, -0.25) is 4.98 Å². The minimum Gasteiger partial charge on any atom is -0.493 e. The van der Waals surface area contributed by atoms with Gasteiger partial charge in [0, 0.05) is 42.0 Å². The monoisotopic (exact) mass is 602 g/mol. The lowest BCUT2D eigenvalue weighted by Gasteiger charge is -2.33. The van der Waals surface area contributed by atoms with Gasteiger partial charge in [0.1, 0.15) is 11.6 Å². The van der Waals surface area contributed by atoms with Gasteiger partial charge in [0.05, 0.1) is 24.0 Å². The van der Waals surface area contributed by atoms with E-state index in [2.05, 4.69) is 17.0 Å². The van der Waals surface area contributed by atoms with Crippen molar-refractivity contribution >= 4 is 11.7 Å². The standard InChI is InChI=1S/C37H47FN2O4/c1-23(2)43-36(41)35(44-37(5,6)7)33-25(4)39-24(3)32(34(33)40-21-28-9-8-10-29(28)22-40)27-13-17-31(18-14-27)42-20-19-26-11-15-30(38)16-12-26/h11-18,23,28-29,35H,8-10,19-22H2,1-7H3. The molecule has 3 aromatic rings. The van der Waals surface area contributed by atoms with Crippen molar-refractivity contribution in [3.05, 3.63) is 76.9 Å². The normalized spacial score (nSPS) is 18.9. The summed E-state index contributed by atoms with van der Waals surface area (Å²) in [4.78, 5) is 21.2. The number of rotatable bonds is 10. The van der Waals surface area contributed by atoms with Crippen molar-refractivity contribution < 1.29 is 23.4 Å². The molecule has 3 unspecified atom stereocenters. The highest BCUT2D eigenvalue weighted by atomic mass is 19.1. The molecule has 1 aromatic heterocycles. The number of hydrogen-bond donors (Lipinski definition) is 0. The molecule has 2 heterocycles. The zero-order chi connectivity index (χ0) is 31.6. The van der Waals surface area contributed by atoms with Crippen LogP contribution in [0.1, 0.15) is 82.5 Å². The molecule has 0 radical (unpaired) electrons. The minimum atomic E-state index is -0.909. The van der Waals surface area contributed by atoms with Crippen LogP contribution in [0.5, 0.6) is 5.75 Å². The smallest absolute Gasteiger partial charge is 0.340 e. The Balaban J connectivity index is 1.53. The molecule has 2 aromatic carbocycles. The maximum Gasteiger partial charge on any atom is 0.340 e. The number of pyridine rings is 1. The van der Waals surface area contributed by atoms with Crippen molar-refractivity contribution in [1.29, 1.82) is 0 Å². The number of anilines is 1. The van der Waals surface area contributed by atoms with E-state index in [0.29, 0.717) is 24.9 Å². The highest BCUT2D eigenvalue weighted by Crippen LogP contribution is 2.47. The maximum absolute atomic E-state index is 13.7. The number of benzene rings is 2. The third kappa shape index (κ3) is 7.43. The first-order chi connectivity index (χ1) is 20.9. The van der Waals surface area contributed by atoms with Crippen LogP contribution in [-0.4, -0.2) is 42.4 Å². The van der Waals surface area contributed by atoms with Crippen LogP contribution >= 0.6 is 0 Å². The minimum absolute atomic E-state index is 0.237. The van der Waals surface area contributed by atoms with Crippen molar-refractivity contribution in [2.75, 3.05) is 24.6 Å². The fraction of sp³-hybridized carbons (Fsp3) is 0.514. The fourth-order valence-corrected chi connectivity index (χ4v) is 6.78. The van der Waals surface area contributed by atoms with Crippen molar-refractivity contribution in [1.82, 2.24) is 4.98 Å². The van der Waals surface area contributed by atoms with Crippen molar-refractivity contribution in [3.8, 4) is 16.9 Å². The summed E-state index contributed by atoms with van der Waals surface area (Å²) < 4.78 is 31.6. The van der Waals surface area contributed by atoms with Crippen molar-refractivity contribution in [3.63, 3.8) is 0 Å². The van der Waals surface area contributed by atoms with Gasteiger partial charge in [0.15, 0.2) is 6.10 Å². The van der Waals surface area contributed by atoms with Gasteiger partial charge < -0.3 is 19.1 Å². The lowest BCUT2D eigenvalue weighted by molar-refractivity contribution is -0.171. The molecule has 0 spiro atoms. The second kappa shape index (κ2) is 13.3. The molecule has 2 fully saturated rings. The van der Waals surface area contributed by atoms with E-state index in [9.17, 15) is 9.18 Å². The molecule has 6 nitrogen and oxygen atoms in total.